The van der Waals surface area contributed by atoms with Gasteiger partial charge >= 0.3 is 132 Å². The predicted octanol–water partition coefficient (Wildman–Crippen LogP) is -2.59. The van der Waals surface area contributed by atoms with Crippen LogP contribution in [0.1, 0.15) is 0 Å². The fourth-order valence-electron chi connectivity index (χ4n) is 0. The van der Waals surface area contributed by atoms with E-state index < -0.39 is 0 Å². The van der Waals surface area contributed by atoms with Gasteiger partial charge in [0.15, 0.2) is 0 Å². The van der Waals surface area contributed by atoms with Crippen molar-refractivity contribution < 1.29 is 0 Å². The van der Waals surface area contributed by atoms with Gasteiger partial charge in [0.2, 0.25) is 0 Å². The fraction of sp³-hybridized carbons (Fsp3) is 0. The first-order valence-electron chi connectivity index (χ1n) is 0. The van der Waals surface area contributed by atoms with Crippen LogP contribution in [-0.4, -0.2) is 132 Å². The van der Waals surface area contributed by atoms with Crippen molar-refractivity contribution in [1.82, 2.24) is 6.15 Å². The van der Waals surface area contributed by atoms with Gasteiger partial charge in [-0.1, -0.05) is 0 Å². The van der Waals surface area contributed by atoms with Crippen LogP contribution in [0.4, 0.5) is 0 Å². The van der Waals surface area contributed by atoms with Crippen LogP contribution in [0, 0.1) is 0 Å². The molecule has 0 aliphatic carbocycles. The molecule has 4 heteroatoms. The summed E-state index contributed by atoms with van der Waals surface area (Å²) < 4.78 is 0. The molecule has 1 nitrogen and oxygen atoms in total. The summed E-state index contributed by atoms with van der Waals surface area (Å²) in [4.78, 5) is 0. The Labute approximate surface area is 134 Å². The Morgan fingerprint density at radius 3 is 1.00 bits per heavy atom. The molecule has 0 unspecified atom stereocenters. The molecule has 0 radical (unpaired) electrons. The van der Waals surface area contributed by atoms with Gasteiger partial charge in [0.1, 0.15) is 0 Å². The molecule has 0 aliphatic rings. The molecule has 0 heterocycles. The van der Waals surface area contributed by atoms with Crippen LogP contribution in [0.2, 0.25) is 0 Å². The SMILES string of the molecule is N.[BaH2].[CaH2].[SrH2]. The zero-order chi connectivity index (χ0) is 0. The number of rotatable bonds is 0. The maximum atomic E-state index is 0. The monoisotopic (exact) mass is 289 g/mol. The van der Waals surface area contributed by atoms with E-state index in [2.05, 4.69) is 0 Å². The quantitative estimate of drug-likeness (QED) is 0.488. The third-order valence-corrected chi connectivity index (χ3v) is 0. The van der Waals surface area contributed by atoms with Crippen molar-refractivity contribution in [2.24, 2.45) is 0 Å². The van der Waals surface area contributed by atoms with Crippen molar-refractivity contribution in [3.8, 4) is 0 Å². The molecule has 20 valence electrons. The molecule has 0 aromatic rings. The van der Waals surface area contributed by atoms with E-state index in [1.54, 1.807) is 0 Å². The van der Waals surface area contributed by atoms with E-state index in [-0.39, 0.29) is 138 Å². The minimum atomic E-state index is 0. The maximum absolute atomic E-state index is 0. The molecule has 0 fully saturated rings. The van der Waals surface area contributed by atoms with Crippen LogP contribution >= 0.6 is 0 Å². The van der Waals surface area contributed by atoms with Crippen molar-refractivity contribution in [3.05, 3.63) is 0 Å². The molecular weight excluding hydrogens is 279 g/mol. The summed E-state index contributed by atoms with van der Waals surface area (Å²) in [5, 5.41) is 0. The van der Waals surface area contributed by atoms with Gasteiger partial charge in [-0.25, -0.2) is 0 Å². The molecule has 0 saturated carbocycles. The first kappa shape index (κ1) is 24.0. The summed E-state index contributed by atoms with van der Waals surface area (Å²) in [6.45, 7) is 0. The molecule has 0 saturated heterocycles. The molecule has 0 atom stereocenters. The molecule has 0 aromatic carbocycles. The Hall–Kier alpha value is 4.27. The van der Waals surface area contributed by atoms with E-state index in [9.17, 15) is 0 Å². The molecule has 0 bridgehead atoms. The molecular formula is H9BaCaNSr. The molecule has 0 amide bonds. The van der Waals surface area contributed by atoms with Gasteiger partial charge < -0.3 is 6.15 Å². The topological polar surface area (TPSA) is 35.0 Å². The average Bonchev–Trinajstić information content (AvgIpc) is 0. The van der Waals surface area contributed by atoms with Gasteiger partial charge in [-0.05, 0) is 0 Å². The van der Waals surface area contributed by atoms with Crippen molar-refractivity contribution in [2.45, 2.75) is 0 Å². The predicted molar refractivity (Wildman–Crippen MR) is 30.7 cm³/mol. The van der Waals surface area contributed by atoms with Crippen LogP contribution in [0.5, 0.6) is 0 Å². The van der Waals surface area contributed by atoms with E-state index in [4.69, 9.17) is 0 Å². The molecule has 4 heavy (non-hydrogen) atoms. The second-order valence-electron chi connectivity index (χ2n) is 0. The van der Waals surface area contributed by atoms with Crippen molar-refractivity contribution in [1.29, 1.82) is 0 Å². The summed E-state index contributed by atoms with van der Waals surface area (Å²) in [7, 11) is 0. The summed E-state index contributed by atoms with van der Waals surface area (Å²) in [6, 6.07) is 0. The summed E-state index contributed by atoms with van der Waals surface area (Å²) in [5.41, 5.74) is 0. The fourth-order valence-corrected chi connectivity index (χ4v) is 0. The van der Waals surface area contributed by atoms with Gasteiger partial charge in [0.25, 0.3) is 0 Å². The van der Waals surface area contributed by atoms with Crippen molar-refractivity contribution in [3.63, 3.8) is 0 Å². The summed E-state index contributed by atoms with van der Waals surface area (Å²) >= 11 is 0. The number of hydrogen-bond acceptors (Lipinski definition) is 1. The van der Waals surface area contributed by atoms with E-state index >= 15 is 0 Å². The van der Waals surface area contributed by atoms with Crippen LogP contribution in [0.25, 0.3) is 0 Å². The normalized spacial score (nSPS) is 0. The van der Waals surface area contributed by atoms with Gasteiger partial charge in [-0.15, -0.1) is 0 Å². The minimum absolute atomic E-state index is 0. The first-order chi connectivity index (χ1) is 0. The van der Waals surface area contributed by atoms with Crippen LogP contribution in [0.3, 0.4) is 0 Å². The van der Waals surface area contributed by atoms with Crippen LogP contribution in [0.15, 0.2) is 0 Å². The zero-order valence-corrected chi connectivity index (χ0v) is 0.707. The van der Waals surface area contributed by atoms with Crippen LogP contribution < -0.4 is 6.15 Å². The van der Waals surface area contributed by atoms with Gasteiger partial charge in [0, 0.05) is 0 Å². The standard InChI is InChI=1S/Ba.Ca.H3N.Sr.6H/h;;1H3;;;;;;;. The second-order valence-corrected chi connectivity index (χ2v) is 0. The Kier molecular flexibility index (Phi) is 93.9. The van der Waals surface area contributed by atoms with E-state index in [0.29, 0.717) is 0 Å². The second kappa shape index (κ2) is 15.7. The van der Waals surface area contributed by atoms with E-state index in [1.165, 1.54) is 0 Å². The summed E-state index contributed by atoms with van der Waals surface area (Å²) in [5.74, 6) is 0. The molecule has 0 aliphatic heterocycles. The first-order valence-corrected chi connectivity index (χ1v) is 0. The van der Waals surface area contributed by atoms with Gasteiger partial charge in [-0.3, -0.25) is 0 Å². The third kappa shape index (κ3) is 9.55. The van der Waals surface area contributed by atoms with Crippen molar-refractivity contribution >= 4 is 132 Å². The molecule has 0 rings (SSSR count). The Morgan fingerprint density at radius 2 is 1.00 bits per heavy atom. The zero-order valence-electron chi connectivity index (χ0n) is 0.707. The Bertz CT molecular complexity index is 8.00. The Balaban J connectivity index is 0. The average molecular weight is 288 g/mol. The number of hydrogen-bond donors (Lipinski definition) is 1. The third-order valence-electron chi connectivity index (χ3n) is 0. The van der Waals surface area contributed by atoms with Crippen molar-refractivity contribution in [2.75, 3.05) is 0 Å². The van der Waals surface area contributed by atoms with Crippen LogP contribution in [-0.2, 0) is 0 Å². The van der Waals surface area contributed by atoms with Gasteiger partial charge in [-0.2, -0.15) is 0 Å². The Morgan fingerprint density at radius 1 is 1.00 bits per heavy atom. The molecule has 0 aromatic heterocycles. The van der Waals surface area contributed by atoms with E-state index in [1.807, 2.05) is 0 Å². The summed E-state index contributed by atoms with van der Waals surface area (Å²) in [6.07, 6.45) is 0. The van der Waals surface area contributed by atoms with E-state index in [0.717, 1.165) is 0 Å². The van der Waals surface area contributed by atoms with Gasteiger partial charge in [0.05, 0.1) is 0 Å². The molecule has 3 N–H and O–H groups in total. The molecule has 0 spiro atoms.